The SMILES string of the molecule is CCCC1CCCN(C(=O)Nc2ccc(Oc3nc([N+](=O)[O-])cnc3[N+](=O)[O-])cc2)C1. The summed E-state index contributed by atoms with van der Waals surface area (Å²) < 4.78 is 5.34. The Kier molecular flexibility index (Phi) is 6.90. The number of urea groups is 1. The molecule has 0 spiro atoms. The zero-order valence-electron chi connectivity index (χ0n) is 16.9. The summed E-state index contributed by atoms with van der Waals surface area (Å²) in [6.07, 6.45) is 5.00. The number of anilines is 1. The molecule has 1 fully saturated rings. The van der Waals surface area contributed by atoms with E-state index in [9.17, 15) is 25.0 Å². The third-order valence-corrected chi connectivity index (χ3v) is 4.89. The molecule has 31 heavy (non-hydrogen) atoms. The summed E-state index contributed by atoms with van der Waals surface area (Å²) in [5, 5.41) is 24.8. The summed E-state index contributed by atoms with van der Waals surface area (Å²) in [5.41, 5.74) is 0.523. The number of hydrogen-bond acceptors (Lipinski definition) is 8. The van der Waals surface area contributed by atoms with Crippen molar-refractivity contribution in [3.8, 4) is 11.6 Å². The van der Waals surface area contributed by atoms with Gasteiger partial charge in [-0.05, 0) is 64.3 Å². The first kappa shape index (κ1) is 21.9. The molecule has 2 amide bonds. The van der Waals surface area contributed by atoms with Crippen molar-refractivity contribution in [1.82, 2.24) is 14.9 Å². The van der Waals surface area contributed by atoms with E-state index in [2.05, 4.69) is 22.2 Å². The zero-order valence-corrected chi connectivity index (χ0v) is 16.9. The van der Waals surface area contributed by atoms with Gasteiger partial charge in [-0.25, -0.2) is 4.79 Å². The van der Waals surface area contributed by atoms with Crippen molar-refractivity contribution in [2.24, 2.45) is 5.92 Å². The van der Waals surface area contributed by atoms with E-state index in [1.807, 2.05) is 0 Å². The third-order valence-electron chi connectivity index (χ3n) is 4.89. The van der Waals surface area contributed by atoms with Crippen LogP contribution in [0, 0.1) is 26.1 Å². The number of likely N-dealkylation sites (tertiary alicyclic amines) is 1. The minimum absolute atomic E-state index is 0.150. The lowest BCUT2D eigenvalue weighted by atomic mass is 9.94. The summed E-state index contributed by atoms with van der Waals surface area (Å²) in [5.74, 6) is -1.34. The number of ether oxygens (including phenoxy) is 1. The normalized spacial score (nSPS) is 15.9. The van der Waals surface area contributed by atoms with Crippen molar-refractivity contribution in [2.45, 2.75) is 32.6 Å². The van der Waals surface area contributed by atoms with Crippen molar-refractivity contribution in [3.05, 3.63) is 50.7 Å². The Morgan fingerprint density at radius 3 is 2.65 bits per heavy atom. The minimum Gasteiger partial charge on any atom is -0.414 e. The van der Waals surface area contributed by atoms with Gasteiger partial charge in [-0.2, -0.15) is 0 Å². The molecule has 1 aromatic carbocycles. The number of benzene rings is 1. The van der Waals surface area contributed by atoms with E-state index in [0.717, 1.165) is 32.2 Å². The topological polar surface area (TPSA) is 154 Å². The number of nitrogens with zero attached hydrogens (tertiary/aromatic N) is 5. The number of nitrogens with one attached hydrogen (secondary N) is 1. The number of hydrogen-bond donors (Lipinski definition) is 1. The lowest BCUT2D eigenvalue weighted by molar-refractivity contribution is -0.397. The quantitative estimate of drug-likeness (QED) is 0.508. The molecule has 1 aliphatic heterocycles. The Balaban J connectivity index is 1.67. The number of rotatable bonds is 7. The highest BCUT2D eigenvalue weighted by atomic mass is 16.6. The highest BCUT2D eigenvalue weighted by Crippen LogP contribution is 2.30. The van der Waals surface area contributed by atoms with Crippen LogP contribution in [0.25, 0.3) is 0 Å². The fourth-order valence-electron chi connectivity index (χ4n) is 3.45. The summed E-state index contributed by atoms with van der Waals surface area (Å²) in [7, 11) is 0. The van der Waals surface area contributed by atoms with Gasteiger partial charge in [0.05, 0.1) is 0 Å². The number of aromatic nitrogens is 2. The van der Waals surface area contributed by atoms with Crippen LogP contribution >= 0.6 is 0 Å². The molecule has 12 heteroatoms. The van der Waals surface area contributed by atoms with E-state index in [-0.39, 0.29) is 11.8 Å². The Bertz CT molecular complexity index is 965. The van der Waals surface area contributed by atoms with Crippen LogP contribution < -0.4 is 10.1 Å². The number of carbonyl (C=O) groups excluding carboxylic acids is 1. The van der Waals surface area contributed by atoms with Crippen molar-refractivity contribution in [1.29, 1.82) is 0 Å². The van der Waals surface area contributed by atoms with E-state index in [0.29, 0.717) is 24.3 Å². The Morgan fingerprint density at radius 1 is 1.26 bits per heavy atom. The van der Waals surface area contributed by atoms with Crippen molar-refractivity contribution in [3.63, 3.8) is 0 Å². The molecule has 0 radical (unpaired) electrons. The first-order chi connectivity index (χ1) is 14.9. The molecule has 2 aromatic rings. The molecule has 0 bridgehead atoms. The lowest BCUT2D eigenvalue weighted by Crippen LogP contribution is -2.42. The van der Waals surface area contributed by atoms with Gasteiger partial charge in [0.25, 0.3) is 0 Å². The molecule has 12 nitrogen and oxygen atoms in total. The molecule has 164 valence electrons. The van der Waals surface area contributed by atoms with E-state index in [1.165, 1.54) is 12.1 Å². The fraction of sp³-hybridized carbons (Fsp3) is 0.421. The lowest BCUT2D eigenvalue weighted by Gasteiger charge is -2.32. The monoisotopic (exact) mass is 430 g/mol. The van der Waals surface area contributed by atoms with Crippen LogP contribution in [-0.2, 0) is 0 Å². The van der Waals surface area contributed by atoms with Crippen LogP contribution in [0.4, 0.5) is 22.1 Å². The van der Waals surface area contributed by atoms with Gasteiger partial charge in [-0.1, -0.05) is 13.3 Å². The van der Waals surface area contributed by atoms with Crippen molar-refractivity contribution in [2.75, 3.05) is 18.4 Å². The molecular formula is C19H22N6O6. The fourth-order valence-corrected chi connectivity index (χ4v) is 3.45. The standard InChI is InChI=1S/C19H22N6O6/c1-2-4-13-5-3-10-23(12-13)19(26)21-14-6-8-15(9-7-14)31-18-17(25(29)30)20-11-16(22-18)24(27)28/h6-9,11,13H,2-5,10,12H2,1H3,(H,21,26). The zero-order chi connectivity index (χ0) is 22.4. The second kappa shape index (κ2) is 9.78. The molecule has 1 unspecified atom stereocenters. The van der Waals surface area contributed by atoms with Gasteiger partial charge in [0.15, 0.2) is 0 Å². The first-order valence-electron chi connectivity index (χ1n) is 9.87. The van der Waals surface area contributed by atoms with Gasteiger partial charge in [0.2, 0.25) is 6.20 Å². The van der Waals surface area contributed by atoms with Gasteiger partial charge < -0.3 is 35.2 Å². The second-order valence-electron chi connectivity index (χ2n) is 7.17. The molecular weight excluding hydrogens is 408 g/mol. The average molecular weight is 430 g/mol. The smallest absolute Gasteiger partial charge is 0.414 e. The number of nitro groups is 2. The molecule has 1 saturated heterocycles. The molecule has 3 rings (SSSR count). The van der Waals surface area contributed by atoms with Crippen molar-refractivity contribution < 1.29 is 19.4 Å². The van der Waals surface area contributed by atoms with E-state index in [4.69, 9.17) is 4.74 Å². The average Bonchev–Trinajstić information content (AvgIpc) is 2.75. The van der Waals surface area contributed by atoms with Crippen LogP contribution in [0.3, 0.4) is 0 Å². The largest absolute Gasteiger partial charge is 0.455 e. The van der Waals surface area contributed by atoms with Crippen LogP contribution in [0.5, 0.6) is 11.6 Å². The molecule has 0 aliphatic carbocycles. The van der Waals surface area contributed by atoms with Crippen LogP contribution in [-0.4, -0.2) is 43.8 Å². The third kappa shape index (κ3) is 5.62. The molecule has 1 aliphatic rings. The highest BCUT2D eigenvalue weighted by Gasteiger charge is 2.29. The van der Waals surface area contributed by atoms with Gasteiger partial charge in [0, 0.05) is 23.8 Å². The molecule has 1 atom stereocenters. The van der Waals surface area contributed by atoms with Gasteiger partial charge in [-0.15, -0.1) is 0 Å². The van der Waals surface area contributed by atoms with Crippen LogP contribution in [0.1, 0.15) is 32.6 Å². The summed E-state index contributed by atoms with van der Waals surface area (Å²) >= 11 is 0. The van der Waals surface area contributed by atoms with Crippen LogP contribution in [0.15, 0.2) is 30.5 Å². The first-order valence-corrected chi connectivity index (χ1v) is 9.87. The van der Waals surface area contributed by atoms with Crippen molar-refractivity contribution >= 4 is 23.4 Å². The van der Waals surface area contributed by atoms with Gasteiger partial charge in [0.1, 0.15) is 5.75 Å². The Labute approximate surface area is 177 Å². The predicted octanol–water partition coefficient (Wildman–Crippen LogP) is 4.13. The molecule has 2 heterocycles. The van der Waals surface area contributed by atoms with E-state index >= 15 is 0 Å². The van der Waals surface area contributed by atoms with E-state index in [1.54, 1.807) is 17.0 Å². The summed E-state index contributed by atoms with van der Waals surface area (Å²) in [4.78, 5) is 41.6. The maximum atomic E-state index is 12.5. The number of piperidine rings is 1. The Morgan fingerprint density at radius 2 is 2.00 bits per heavy atom. The predicted molar refractivity (Wildman–Crippen MR) is 110 cm³/mol. The number of carbonyl (C=O) groups is 1. The van der Waals surface area contributed by atoms with Gasteiger partial charge >= 0.3 is 23.5 Å². The Hall–Kier alpha value is -3.83. The maximum Gasteiger partial charge on any atom is 0.455 e. The van der Waals surface area contributed by atoms with E-state index < -0.39 is 27.4 Å². The summed E-state index contributed by atoms with van der Waals surface area (Å²) in [6.45, 7) is 3.58. The van der Waals surface area contributed by atoms with Crippen LogP contribution in [0.2, 0.25) is 0 Å². The minimum atomic E-state index is -0.842. The molecule has 0 saturated carbocycles. The molecule has 1 N–H and O–H groups in total. The maximum absolute atomic E-state index is 12.5. The highest BCUT2D eigenvalue weighted by molar-refractivity contribution is 5.89. The molecule has 1 aromatic heterocycles. The second-order valence-corrected chi connectivity index (χ2v) is 7.17. The number of amides is 2. The van der Waals surface area contributed by atoms with Gasteiger partial charge in [-0.3, -0.25) is 0 Å². The summed E-state index contributed by atoms with van der Waals surface area (Å²) in [6, 6.07) is 5.88.